The van der Waals surface area contributed by atoms with Gasteiger partial charge in [0, 0.05) is 23.7 Å². The molecule has 1 saturated heterocycles. The number of ketones is 1. The minimum atomic E-state index is -4.33. The van der Waals surface area contributed by atoms with Crippen molar-refractivity contribution >= 4 is 40.1 Å². The Morgan fingerprint density at radius 3 is 2.30 bits per heavy atom. The van der Waals surface area contributed by atoms with E-state index in [0.29, 0.717) is 26.3 Å². The third-order valence-corrected chi connectivity index (χ3v) is 5.33. The number of ether oxygens (including phenoxy) is 1. The predicted octanol–water partition coefficient (Wildman–Crippen LogP) is 0.467. The Kier molecular flexibility index (Phi) is 6.87. The zero-order valence-electron chi connectivity index (χ0n) is 14.6. The summed E-state index contributed by atoms with van der Waals surface area (Å²) in [6.45, 7) is 3.28. The van der Waals surface area contributed by atoms with E-state index in [-0.39, 0.29) is 21.3 Å². The van der Waals surface area contributed by atoms with Gasteiger partial charge in [0.1, 0.15) is 17.5 Å². The van der Waals surface area contributed by atoms with Gasteiger partial charge in [0.15, 0.2) is 0 Å². The largest absolute Gasteiger partial charge is 0.385 e. The first-order chi connectivity index (χ1) is 12.6. The molecule has 0 aliphatic carbocycles. The molecular weight excluding hydrogens is 394 g/mol. The molecule has 1 heterocycles. The number of thiol groups is 1. The van der Waals surface area contributed by atoms with Gasteiger partial charge in [0.25, 0.3) is 10.1 Å². The predicted molar refractivity (Wildman–Crippen MR) is 102 cm³/mol. The number of anilines is 1. The van der Waals surface area contributed by atoms with Crippen molar-refractivity contribution in [3.63, 3.8) is 0 Å². The number of hydrogen-bond acceptors (Lipinski definition) is 8. The Morgan fingerprint density at radius 1 is 1.26 bits per heavy atom. The maximum absolute atomic E-state index is 12.6. The number of amides is 1. The molecule has 1 unspecified atom stereocenters. The summed E-state index contributed by atoms with van der Waals surface area (Å²) >= 11 is 4.31. The van der Waals surface area contributed by atoms with Crippen molar-refractivity contribution in [2.75, 3.05) is 31.6 Å². The van der Waals surface area contributed by atoms with Gasteiger partial charge in [-0.2, -0.15) is 8.42 Å². The van der Waals surface area contributed by atoms with Gasteiger partial charge in [-0.05, 0) is 31.2 Å². The lowest BCUT2D eigenvalue weighted by Gasteiger charge is -2.30. The van der Waals surface area contributed by atoms with Gasteiger partial charge in [0.05, 0.1) is 18.1 Å². The lowest BCUT2D eigenvalue weighted by atomic mass is 10.0. The van der Waals surface area contributed by atoms with Crippen molar-refractivity contribution in [2.45, 2.75) is 11.8 Å². The minimum absolute atomic E-state index is 0.136. The topological polar surface area (TPSA) is 139 Å². The molecule has 9 nitrogen and oxygen atoms in total. The summed E-state index contributed by atoms with van der Waals surface area (Å²) in [6.07, 6.45) is 0. The molecule has 0 radical (unpaired) electrons. The van der Waals surface area contributed by atoms with Crippen molar-refractivity contribution in [3.8, 4) is 0 Å². The molecule has 1 fully saturated rings. The van der Waals surface area contributed by atoms with E-state index in [1.165, 1.54) is 19.1 Å². The van der Waals surface area contributed by atoms with Gasteiger partial charge < -0.3 is 20.7 Å². The fraction of sp³-hybridized carbons (Fsp3) is 0.375. The van der Waals surface area contributed by atoms with Crippen LogP contribution in [0.15, 0.2) is 39.9 Å². The summed E-state index contributed by atoms with van der Waals surface area (Å²) in [5.41, 5.74) is 6.33. The van der Waals surface area contributed by atoms with Gasteiger partial charge >= 0.3 is 0 Å². The fourth-order valence-electron chi connectivity index (χ4n) is 2.54. The SMILES string of the molecule is CC(=O)C(C(=O)Nc1ccc(S(=O)(=O)O)cc1)/C(S)=C(/N)N1CCOCC1. The summed E-state index contributed by atoms with van der Waals surface area (Å²) in [5.74, 6) is -2.07. The maximum atomic E-state index is 12.6. The average molecular weight is 415 g/mol. The Bertz CT molecular complexity index is 845. The summed E-state index contributed by atoms with van der Waals surface area (Å²) in [5, 5.41) is 2.52. The highest BCUT2D eigenvalue weighted by molar-refractivity contribution is 7.85. The molecule has 0 spiro atoms. The van der Waals surface area contributed by atoms with E-state index in [4.69, 9.17) is 15.0 Å². The van der Waals surface area contributed by atoms with Crippen molar-refractivity contribution in [3.05, 3.63) is 35.0 Å². The molecule has 2 rings (SSSR count). The number of benzene rings is 1. The number of carbonyl (C=O) groups is 2. The number of hydrogen-bond donors (Lipinski definition) is 4. The van der Waals surface area contributed by atoms with E-state index < -0.39 is 27.7 Å². The lowest BCUT2D eigenvalue weighted by Crippen LogP contribution is -2.40. The second kappa shape index (κ2) is 8.74. The van der Waals surface area contributed by atoms with Crippen LogP contribution in [-0.4, -0.2) is 55.9 Å². The standard InChI is InChI=1S/C16H21N3O6S2/c1-10(20)13(14(26)15(17)19-6-8-25-9-7-19)16(21)18-11-2-4-12(5-3-11)27(22,23)24/h2-5,13,26H,6-9,17H2,1H3,(H,18,21)(H,22,23,24)/b15-14+. The van der Waals surface area contributed by atoms with Gasteiger partial charge in [-0.1, -0.05) is 0 Å². The van der Waals surface area contributed by atoms with Crippen LogP contribution < -0.4 is 11.1 Å². The molecule has 0 saturated carbocycles. The zero-order chi connectivity index (χ0) is 20.2. The first-order valence-corrected chi connectivity index (χ1v) is 9.90. The Morgan fingerprint density at radius 2 is 1.81 bits per heavy atom. The summed E-state index contributed by atoms with van der Waals surface area (Å²) in [6, 6.07) is 4.86. The molecule has 27 heavy (non-hydrogen) atoms. The minimum Gasteiger partial charge on any atom is -0.385 e. The van der Waals surface area contributed by atoms with Crippen LogP contribution in [0.2, 0.25) is 0 Å². The Labute approximate surface area is 162 Å². The van der Waals surface area contributed by atoms with Gasteiger partial charge in [0.2, 0.25) is 5.91 Å². The Balaban J connectivity index is 2.20. The van der Waals surface area contributed by atoms with Crippen LogP contribution in [0.5, 0.6) is 0 Å². The summed E-state index contributed by atoms with van der Waals surface area (Å²) < 4.78 is 36.3. The van der Waals surface area contributed by atoms with Gasteiger partial charge in [-0.3, -0.25) is 14.1 Å². The van der Waals surface area contributed by atoms with E-state index >= 15 is 0 Å². The smallest absolute Gasteiger partial charge is 0.294 e. The van der Waals surface area contributed by atoms with Crippen LogP contribution in [0.4, 0.5) is 5.69 Å². The normalized spacial score (nSPS) is 17.1. The fourth-order valence-corrected chi connectivity index (χ4v) is 3.46. The molecule has 1 aromatic carbocycles. The summed E-state index contributed by atoms with van der Waals surface area (Å²) in [4.78, 5) is 26.2. The highest BCUT2D eigenvalue weighted by Crippen LogP contribution is 2.23. The average Bonchev–Trinajstić information content (AvgIpc) is 2.61. The molecule has 1 aromatic rings. The molecule has 1 atom stereocenters. The second-order valence-electron chi connectivity index (χ2n) is 5.90. The number of Topliss-reactive ketones (excluding diaryl/α,β-unsaturated/α-hetero) is 1. The van der Waals surface area contributed by atoms with Crippen LogP contribution in [0.25, 0.3) is 0 Å². The number of rotatable bonds is 6. The van der Waals surface area contributed by atoms with Gasteiger partial charge in [-0.25, -0.2) is 0 Å². The number of carbonyl (C=O) groups excluding carboxylic acids is 2. The van der Waals surface area contributed by atoms with Crippen molar-refractivity contribution in [1.29, 1.82) is 0 Å². The molecule has 1 aliphatic rings. The van der Waals surface area contributed by atoms with Crippen LogP contribution in [-0.2, 0) is 24.4 Å². The molecular formula is C16H21N3O6S2. The van der Waals surface area contributed by atoms with E-state index in [0.717, 1.165) is 12.1 Å². The van der Waals surface area contributed by atoms with Crippen molar-refractivity contribution < 1.29 is 27.3 Å². The Hall–Kier alpha value is -2.08. The molecule has 148 valence electrons. The third kappa shape index (κ3) is 5.45. The van der Waals surface area contributed by atoms with Crippen molar-refractivity contribution in [1.82, 2.24) is 4.90 Å². The van der Waals surface area contributed by atoms with E-state index in [9.17, 15) is 18.0 Å². The number of nitrogens with two attached hydrogens (primary N) is 1. The molecule has 11 heteroatoms. The molecule has 0 bridgehead atoms. The number of nitrogens with zero attached hydrogens (tertiary/aromatic N) is 1. The molecule has 1 amide bonds. The van der Waals surface area contributed by atoms with Crippen LogP contribution in [0.1, 0.15) is 6.92 Å². The zero-order valence-corrected chi connectivity index (χ0v) is 16.3. The summed E-state index contributed by atoms with van der Waals surface area (Å²) in [7, 11) is -4.33. The van der Waals surface area contributed by atoms with Crippen LogP contribution >= 0.6 is 12.6 Å². The highest BCUT2D eigenvalue weighted by atomic mass is 32.2. The quantitative estimate of drug-likeness (QED) is 0.299. The van der Waals surface area contributed by atoms with Crippen LogP contribution in [0.3, 0.4) is 0 Å². The van der Waals surface area contributed by atoms with E-state index in [1.807, 2.05) is 0 Å². The van der Waals surface area contributed by atoms with Gasteiger partial charge in [-0.15, -0.1) is 12.6 Å². The molecule has 0 aromatic heterocycles. The lowest BCUT2D eigenvalue weighted by molar-refractivity contribution is -0.128. The monoisotopic (exact) mass is 415 g/mol. The van der Waals surface area contributed by atoms with Crippen LogP contribution in [0, 0.1) is 5.92 Å². The highest BCUT2D eigenvalue weighted by Gasteiger charge is 2.29. The first kappa shape index (κ1) is 21.2. The molecule has 1 aliphatic heterocycles. The number of morpholine rings is 1. The second-order valence-corrected chi connectivity index (χ2v) is 7.81. The van der Waals surface area contributed by atoms with E-state index in [2.05, 4.69) is 17.9 Å². The third-order valence-electron chi connectivity index (χ3n) is 3.98. The maximum Gasteiger partial charge on any atom is 0.294 e. The molecule has 4 N–H and O–H groups in total. The van der Waals surface area contributed by atoms with Crippen molar-refractivity contribution in [2.24, 2.45) is 11.7 Å². The number of nitrogens with one attached hydrogen (secondary N) is 1. The first-order valence-electron chi connectivity index (χ1n) is 8.01. The van der Waals surface area contributed by atoms with E-state index in [1.54, 1.807) is 4.90 Å².